The van der Waals surface area contributed by atoms with E-state index in [2.05, 4.69) is 15.4 Å². The monoisotopic (exact) mass is 303 g/mol. The fourth-order valence-corrected chi connectivity index (χ4v) is 0.756. The smallest absolute Gasteiger partial charge is 1.00 e. The summed E-state index contributed by atoms with van der Waals surface area (Å²) in [5.74, 6) is 0. The summed E-state index contributed by atoms with van der Waals surface area (Å²) < 4.78 is 14.0. The van der Waals surface area contributed by atoms with Crippen LogP contribution in [0.5, 0.6) is 0 Å². The van der Waals surface area contributed by atoms with Crippen LogP contribution in [0.15, 0.2) is 0 Å². The molecule has 0 rings (SSSR count). The van der Waals surface area contributed by atoms with Crippen molar-refractivity contribution in [3.8, 4) is 0 Å². The van der Waals surface area contributed by atoms with Crippen molar-refractivity contribution in [2.24, 2.45) is 5.73 Å². The van der Waals surface area contributed by atoms with Crippen LogP contribution in [0.25, 0.3) is 0 Å². The van der Waals surface area contributed by atoms with E-state index in [9.17, 15) is 4.57 Å². The van der Waals surface area contributed by atoms with Gasteiger partial charge in [0.15, 0.2) is 0 Å². The van der Waals surface area contributed by atoms with E-state index in [0.29, 0.717) is 26.2 Å². The first-order valence-corrected chi connectivity index (χ1v) is 4.97. The van der Waals surface area contributed by atoms with Crippen LogP contribution in [0.1, 0.15) is 4.28 Å². The molecule has 0 heterocycles. The van der Waals surface area contributed by atoms with Crippen molar-refractivity contribution in [1.29, 1.82) is 0 Å². The Kier molecular flexibility index (Phi) is 33.6. The van der Waals surface area contributed by atoms with Gasteiger partial charge in [0.1, 0.15) is 0 Å². The largest absolute Gasteiger partial charge is 1.00 e. The first-order valence-electron chi connectivity index (χ1n) is 3.44. The predicted octanol–water partition coefficient (Wildman–Crippen LogP) is -10.5. The maximum absolute atomic E-state index is 10.1. The molecule has 0 unspecified atom stereocenters. The molecule has 0 aromatic heterocycles. The molecule has 11 heteroatoms. The zero-order valence-corrected chi connectivity index (χ0v) is 18.7. The van der Waals surface area contributed by atoms with Gasteiger partial charge in [-0.1, -0.05) is 0 Å². The Hall–Kier alpha value is 4.26. The molecule has 15 heavy (non-hydrogen) atoms. The Morgan fingerprint density at radius 3 is 2.20 bits per heavy atom. The van der Waals surface area contributed by atoms with Crippen molar-refractivity contribution >= 4 is 7.82 Å². The van der Waals surface area contributed by atoms with Gasteiger partial charge in [0.2, 0.25) is 0 Å². The molecule has 0 amide bonds. The quantitative estimate of drug-likeness (QED) is 0.137. The molecule has 80 valence electrons. The second kappa shape index (κ2) is 18.3. The summed E-state index contributed by atoms with van der Waals surface area (Å²) in [4.78, 5) is 16.4. The van der Waals surface area contributed by atoms with Gasteiger partial charge >= 0.3 is 140 Å². The first kappa shape index (κ1) is 27.6. The van der Waals surface area contributed by atoms with Crippen molar-refractivity contribution in [3.63, 3.8) is 0 Å². The maximum atomic E-state index is 10.1. The minimum absolute atomic E-state index is 0. The van der Waals surface area contributed by atoms with Crippen molar-refractivity contribution in [3.05, 3.63) is 0 Å². The summed E-state index contributed by atoms with van der Waals surface area (Å²) in [5.41, 5.74) is 7.29. The van der Waals surface area contributed by atoms with Crippen LogP contribution >= 0.6 is 7.82 Å². The van der Waals surface area contributed by atoms with Crippen molar-refractivity contribution in [2.75, 3.05) is 26.2 Å². The summed E-state index contributed by atoms with van der Waals surface area (Å²) in [6, 6.07) is 0. The van der Waals surface area contributed by atoms with Gasteiger partial charge in [-0.05, 0) is 0 Å². The Morgan fingerprint density at radius 1 is 1.27 bits per heavy atom. The number of nitrogens with two attached hydrogens (primary N) is 1. The Labute approximate surface area is 201 Å². The Bertz CT molecular complexity index is 175. The summed E-state index contributed by atoms with van der Waals surface area (Å²) >= 11 is 0. The van der Waals surface area contributed by atoms with E-state index in [1.807, 2.05) is 0 Å². The van der Waals surface area contributed by atoms with Gasteiger partial charge in [0, 0.05) is 26.2 Å². The molecule has 0 bridgehead atoms. The zero-order chi connectivity index (χ0) is 9.45. The third-order valence-corrected chi connectivity index (χ3v) is 1.28. The fraction of sp³-hybridized carbons (Fsp3) is 1.00. The third kappa shape index (κ3) is 27.5. The van der Waals surface area contributed by atoms with Crippen LogP contribution in [-0.2, 0) is 9.19 Å². The molecule has 0 saturated carbocycles. The van der Waals surface area contributed by atoms with Crippen molar-refractivity contribution in [1.82, 2.24) is 10.8 Å². The van der Waals surface area contributed by atoms with Gasteiger partial charge in [-0.3, -0.25) is 0 Å². The number of hydrogen-bond acceptors (Lipinski definition) is 5. The van der Waals surface area contributed by atoms with Crippen LogP contribution in [0.2, 0.25) is 0 Å². The van der Waals surface area contributed by atoms with Crippen LogP contribution in [0.4, 0.5) is 0 Å². The molecular weight excluding hydrogens is 286 g/mol. The molecule has 0 aliphatic carbocycles. The second-order valence-corrected chi connectivity index (χ2v) is 3.18. The van der Waals surface area contributed by atoms with E-state index < -0.39 is 7.82 Å². The van der Waals surface area contributed by atoms with Gasteiger partial charge in [-0.15, -0.1) is 0 Å². The number of hydrogen-bond donors (Lipinski definition) is 5. The number of hydroxylamine groups is 1. The van der Waals surface area contributed by atoms with Gasteiger partial charge in [-0.2, -0.15) is 10.1 Å². The van der Waals surface area contributed by atoms with E-state index in [4.69, 9.17) is 15.5 Å². The molecule has 6 N–H and O–H groups in total. The first-order chi connectivity index (χ1) is 5.56. The van der Waals surface area contributed by atoms with Gasteiger partial charge in [0.25, 0.3) is 0 Å². The zero-order valence-electron chi connectivity index (χ0n) is 12.6. The fourth-order valence-electron chi connectivity index (χ4n) is 0.496. The molecule has 7 nitrogen and oxygen atoms in total. The predicted molar refractivity (Wildman–Crippen MR) is 46.4 cm³/mol. The Morgan fingerprint density at radius 2 is 1.80 bits per heavy atom. The molecule has 0 saturated heterocycles. The van der Waals surface area contributed by atoms with Crippen molar-refractivity contribution in [2.45, 2.75) is 0 Å². The molecule has 0 aromatic carbocycles. The second-order valence-electron chi connectivity index (χ2n) is 2.01. The van der Waals surface area contributed by atoms with Crippen molar-refractivity contribution < 1.29 is 156 Å². The molecular formula is C4H17K2N3NaO4P. The van der Waals surface area contributed by atoms with E-state index in [1.54, 1.807) is 0 Å². The van der Waals surface area contributed by atoms with Gasteiger partial charge in [0.05, 0.1) is 0 Å². The van der Waals surface area contributed by atoms with Gasteiger partial charge < -0.3 is 25.1 Å². The third-order valence-electron chi connectivity index (χ3n) is 0.908. The topological polar surface area (TPSA) is 117 Å². The molecule has 0 aliphatic rings. The summed E-state index contributed by atoms with van der Waals surface area (Å²) in [5, 5.41) is 2.90. The Balaban J connectivity index is -0.0000000403. The number of nitrogens with one attached hydrogen (secondary N) is 2. The summed E-state index contributed by atoms with van der Waals surface area (Å²) in [6.07, 6.45) is 0. The molecule has 0 aliphatic heterocycles. The SMILES string of the molecule is NCCNCCNOP(=O)(O)O.[H-].[H-].[H-].[K+].[K+].[Na+]. The maximum Gasteiger partial charge on any atom is 1.00 e. The summed E-state index contributed by atoms with van der Waals surface area (Å²) in [6.45, 7) is 2.04. The number of phosphoric acid groups is 1. The minimum atomic E-state index is -4.38. The summed E-state index contributed by atoms with van der Waals surface area (Å²) in [7, 11) is -4.38. The average molecular weight is 303 g/mol. The van der Waals surface area contributed by atoms with E-state index in [1.165, 1.54) is 0 Å². The van der Waals surface area contributed by atoms with Gasteiger partial charge in [-0.25, -0.2) is 4.57 Å². The van der Waals surface area contributed by atoms with Crippen LogP contribution in [0, 0.1) is 0 Å². The van der Waals surface area contributed by atoms with Crippen LogP contribution < -0.4 is 149 Å². The van der Waals surface area contributed by atoms with E-state index >= 15 is 0 Å². The van der Waals surface area contributed by atoms with Crippen LogP contribution in [-0.4, -0.2) is 36.0 Å². The molecule has 0 fully saturated rings. The molecule has 0 spiro atoms. The number of rotatable bonds is 7. The average Bonchev–Trinajstić information content (AvgIpc) is 1.94. The molecule has 0 atom stereocenters. The van der Waals surface area contributed by atoms with E-state index in [0.717, 1.165) is 0 Å². The van der Waals surface area contributed by atoms with Crippen LogP contribution in [0.3, 0.4) is 0 Å². The molecule has 0 aromatic rings. The molecule has 0 radical (unpaired) electrons. The standard InChI is InChI=1S/C4H14N3O4P.2K.Na.3H/c5-1-2-6-3-4-7-11-12(8,9)10;;;;;;/h6-7H,1-5H2,(H2,8,9,10);;;;;;/q;3*+1;3*-1. The normalized spacial score (nSPS) is 9.53. The minimum Gasteiger partial charge on any atom is -1.00 e. The van der Waals surface area contributed by atoms with E-state index in [-0.39, 0.29) is 137 Å².